The van der Waals surface area contributed by atoms with E-state index in [-0.39, 0.29) is 6.04 Å². The highest BCUT2D eigenvalue weighted by Crippen LogP contribution is 2.31. The van der Waals surface area contributed by atoms with Crippen molar-refractivity contribution in [1.29, 1.82) is 0 Å². The third-order valence-electron chi connectivity index (χ3n) is 2.40. The molecule has 60 valence electrons. The van der Waals surface area contributed by atoms with E-state index in [0.29, 0.717) is 6.10 Å². The average Bonchev–Trinajstić information content (AvgIpc) is 2.31. The molecule has 1 fully saturated rings. The van der Waals surface area contributed by atoms with Crippen LogP contribution in [0, 0.1) is 0 Å². The van der Waals surface area contributed by atoms with E-state index in [2.05, 4.69) is 11.6 Å². The van der Waals surface area contributed by atoms with Gasteiger partial charge in [-0.15, -0.1) is 0 Å². The van der Waals surface area contributed by atoms with Crippen LogP contribution in [0.3, 0.4) is 0 Å². The van der Waals surface area contributed by atoms with Crippen molar-refractivity contribution < 1.29 is 4.74 Å². The zero-order valence-corrected chi connectivity index (χ0v) is 6.84. The topological polar surface area (TPSA) is 21.6 Å². The lowest BCUT2D eigenvalue weighted by atomic mass is 9.89. The van der Waals surface area contributed by atoms with Crippen LogP contribution >= 0.6 is 0 Å². The lowest BCUT2D eigenvalue weighted by molar-refractivity contribution is 0.173. The van der Waals surface area contributed by atoms with E-state index in [0.717, 1.165) is 18.7 Å². The zero-order valence-electron chi connectivity index (χ0n) is 6.84. The minimum Gasteiger partial charge on any atom is -0.475 e. The maximum Gasteiger partial charge on any atom is 0.181 e. The monoisotopic (exact) mass is 151 g/mol. The highest BCUT2D eigenvalue weighted by molar-refractivity contribution is 5.75. The Labute approximate surface area is 67.0 Å². The summed E-state index contributed by atoms with van der Waals surface area (Å²) >= 11 is 0. The molecule has 0 spiro atoms. The summed E-state index contributed by atoms with van der Waals surface area (Å²) < 4.78 is 5.52. The molecule has 2 nitrogen and oxygen atoms in total. The Balaban J connectivity index is 2.18. The number of hydrogen-bond acceptors (Lipinski definition) is 2. The summed E-state index contributed by atoms with van der Waals surface area (Å²) in [6.07, 6.45) is 3.80. The second-order valence-electron chi connectivity index (χ2n) is 3.30. The molecular weight excluding hydrogens is 138 g/mol. The lowest BCUT2D eigenvalue weighted by Crippen LogP contribution is -2.27. The number of aliphatic imine (C=N–C) groups is 1. The fourth-order valence-electron chi connectivity index (χ4n) is 1.84. The number of fused-ring (bicyclic) bond motifs is 1. The van der Waals surface area contributed by atoms with Crippen LogP contribution in [0.5, 0.6) is 0 Å². The molecule has 0 amide bonds. The van der Waals surface area contributed by atoms with E-state index in [1.165, 1.54) is 12.0 Å². The molecule has 1 heterocycles. The van der Waals surface area contributed by atoms with Crippen LogP contribution in [-0.2, 0) is 4.74 Å². The summed E-state index contributed by atoms with van der Waals surface area (Å²) in [5.41, 5.74) is 1.25. The van der Waals surface area contributed by atoms with Gasteiger partial charge in [-0.25, -0.2) is 4.99 Å². The first-order valence-corrected chi connectivity index (χ1v) is 4.16. The van der Waals surface area contributed by atoms with Gasteiger partial charge in [0.25, 0.3) is 0 Å². The zero-order chi connectivity index (χ0) is 7.84. The minimum atomic E-state index is 0.281. The van der Waals surface area contributed by atoms with Gasteiger partial charge in [-0.2, -0.15) is 0 Å². The molecule has 2 rings (SSSR count). The summed E-state index contributed by atoms with van der Waals surface area (Å²) in [7, 11) is 0. The van der Waals surface area contributed by atoms with Crippen LogP contribution in [0.1, 0.15) is 26.2 Å². The molecule has 11 heavy (non-hydrogen) atoms. The van der Waals surface area contributed by atoms with Gasteiger partial charge < -0.3 is 4.74 Å². The predicted octanol–water partition coefficient (Wildman–Crippen LogP) is 1.91. The molecule has 2 heteroatoms. The molecule has 0 aromatic rings. The van der Waals surface area contributed by atoms with Crippen molar-refractivity contribution in [3.8, 4) is 0 Å². The Morgan fingerprint density at radius 2 is 2.45 bits per heavy atom. The first-order chi connectivity index (χ1) is 5.27. The quantitative estimate of drug-likeness (QED) is 0.485. The Hall–Kier alpha value is -0.790. The maximum absolute atomic E-state index is 5.52. The van der Waals surface area contributed by atoms with Crippen molar-refractivity contribution in [2.75, 3.05) is 0 Å². The normalized spacial score (nSPS) is 36.1. The Morgan fingerprint density at radius 1 is 1.64 bits per heavy atom. The van der Waals surface area contributed by atoms with E-state index in [9.17, 15) is 0 Å². The first kappa shape index (κ1) is 6.89. The van der Waals surface area contributed by atoms with E-state index in [4.69, 9.17) is 4.74 Å². The molecule has 1 aliphatic heterocycles. The summed E-state index contributed by atoms with van der Waals surface area (Å²) in [4.78, 5) is 4.39. The molecule has 0 saturated heterocycles. The second kappa shape index (κ2) is 2.36. The fourth-order valence-corrected chi connectivity index (χ4v) is 1.84. The highest BCUT2D eigenvalue weighted by Gasteiger charge is 2.33. The van der Waals surface area contributed by atoms with E-state index in [1.807, 2.05) is 6.92 Å². The van der Waals surface area contributed by atoms with E-state index < -0.39 is 0 Å². The Bertz CT molecular complexity index is 220. The fraction of sp³-hybridized carbons (Fsp3) is 0.667. The van der Waals surface area contributed by atoms with Gasteiger partial charge in [0.2, 0.25) is 0 Å². The van der Waals surface area contributed by atoms with Gasteiger partial charge in [0, 0.05) is 6.92 Å². The SMILES string of the molecule is C=C1CCCC2OC(C)=NC12. The first-order valence-electron chi connectivity index (χ1n) is 4.16. The van der Waals surface area contributed by atoms with E-state index >= 15 is 0 Å². The van der Waals surface area contributed by atoms with Crippen LogP contribution < -0.4 is 0 Å². The molecule has 2 unspecified atom stereocenters. The van der Waals surface area contributed by atoms with Crippen LogP contribution in [-0.4, -0.2) is 18.0 Å². The minimum absolute atomic E-state index is 0.281. The van der Waals surface area contributed by atoms with Crippen molar-refractivity contribution in [2.45, 2.75) is 38.3 Å². The van der Waals surface area contributed by atoms with Crippen molar-refractivity contribution in [2.24, 2.45) is 4.99 Å². The Morgan fingerprint density at radius 3 is 3.18 bits per heavy atom. The van der Waals surface area contributed by atoms with Gasteiger partial charge in [0.1, 0.15) is 12.1 Å². The smallest absolute Gasteiger partial charge is 0.181 e. The number of nitrogens with zero attached hydrogens (tertiary/aromatic N) is 1. The largest absolute Gasteiger partial charge is 0.475 e. The van der Waals surface area contributed by atoms with Crippen LogP contribution in [0.15, 0.2) is 17.1 Å². The van der Waals surface area contributed by atoms with Crippen molar-refractivity contribution in [3.63, 3.8) is 0 Å². The maximum atomic E-state index is 5.52. The van der Waals surface area contributed by atoms with Gasteiger partial charge in [-0.3, -0.25) is 0 Å². The molecule has 0 bridgehead atoms. The van der Waals surface area contributed by atoms with Crippen LogP contribution in [0.25, 0.3) is 0 Å². The predicted molar refractivity (Wildman–Crippen MR) is 44.8 cm³/mol. The molecule has 1 aliphatic carbocycles. The summed E-state index contributed by atoms with van der Waals surface area (Å²) in [6.45, 7) is 5.93. The third kappa shape index (κ3) is 1.06. The molecule has 2 aliphatic rings. The van der Waals surface area contributed by atoms with E-state index in [1.54, 1.807) is 0 Å². The Kier molecular flexibility index (Phi) is 1.48. The second-order valence-corrected chi connectivity index (χ2v) is 3.30. The van der Waals surface area contributed by atoms with Crippen molar-refractivity contribution in [3.05, 3.63) is 12.2 Å². The van der Waals surface area contributed by atoms with Gasteiger partial charge in [0.05, 0.1) is 0 Å². The van der Waals surface area contributed by atoms with Crippen molar-refractivity contribution in [1.82, 2.24) is 0 Å². The summed E-state index contributed by atoms with van der Waals surface area (Å²) in [6, 6.07) is 0.281. The number of hydrogen-bond donors (Lipinski definition) is 0. The summed E-state index contributed by atoms with van der Waals surface area (Å²) in [5, 5.41) is 0. The molecular formula is C9H13NO. The van der Waals surface area contributed by atoms with Crippen LogP contribution in [0.4, 0.5) is 0 Å². The van der Waals surface area contributed by atoms with Crippen molar-refractivity contribution >= 4 is 5.90 Å². The molecule has 0 aromatic heterocycles. The van der Waals surface area contributed by atoms with Gasteiger partial charge in [0.15, 0.2) is 5.90 Å². The number of ether oxygens (including phenoxy) is 1. The van der Waals surface area contributed by atoms with Crippen LogP contribution in [0.2, 0.25) is 0 Å². The van der Waals surface area contributed by atoms with Gasteiger partial charge in [-0.1, -0.05) is 6.58 Å². The van der Waals surface area contributed by atoms with Gasteiger partial charge in [-0.05, 0) is 24.8 Å². The number of rotatable bonds is 0. The molecule has 0 radical (unpaired) electrons. The molecule has 2 atom stereocenters. The third-order valence-corrected chi connectivity index (χ3v) is 2.40. The average molecular weight is 151 g/mol. The molecule has 0 N–H and O–H groups in total. The summed E-state index contributed by atoms with van der Waals surface area (Å²) in [5.74, 6) is 0.836. The van der Waals surface area contributed by atoms with Gasteiger partial charge >= 0.3 is 0 Å². The standard InChI is InChI=1S/C9H13NO/c1-6-4-3-5-8-9(6)10-7(2)11-8/h8-9H,1,3-5H2,2H3. The molecule has 0 aromatic carbocycles. The lowest BCUT2D eigenvalue weighted by Gasteiger charge is -2.24. The highest BCUT2D eigenvalue weighted by atomic mass is 16.5. The molecule has 1 saturated carbocycles.